The summed E-state index contributed by atoms with van der Waals surface area (Å²) < 4.78 is 27.0. The van der Waals surface area contributed by atoms with Crippen LogP contribution in [0.1, 0.15) is 6.92 Å². The van der Waals surface area contributed by atoms with Crippen molar-refractivity contribution in [1.29, 1.82) is 0 Å². The molecule has 0 spiro atoms. The summed E-state index contributed by atoms with van der Waals surface area (Å²) >= 11 is 3.24. The minimum Gasteiger partial charge on any atom is -0.314 e. The Morgan fingerprint density at radius 3 is 2.83 bits per heavy atom. The maximum Gasteiger partial charge on any atom is 0.244 e. The molecule has 1 saturated heterocycles. The second kappa shape index (κ2) is 6.29. The van der Waals surface area contributed by atoms with Crippen molar-refractivity contribution in [2.75, 3.05) is 19.6 Å². The number of nitrogens with zero attached hydrogens (tertiary/aromatic N) is 2. The summed E-state index contributed by atoms with van der Waals surface area (Å²) in [7, 11) is -3.43. The number of rotatable bonds is 2. The van der Waals surface area contributed by atoms with Gasteiger partial charge >= 0.3 is 0 Å². The predicted octanol–water partition coefficient (Wildman–Crippen LogP) is 1.25. The zero-order chi connectivity index (χ0) is 12.5. The van der Waals surface area contributed by atoms with Crippen LogP contribution in [-0.4, -0.2) is 43.4 Å². The van der Waals surface area contributed by atoms with Crippen LogP contribution in [0.5, 0.6) is 0 Å². The molecule has 2 heterocycles. The van der Waals surface area contributed by atoms with E-state index in [9.17, 15) is 8.42 Å². The van der Waals surface area contributed by atoms with Crippen LogP contribution in [0.2, 0.25) is 0 Å². The van der Waals surface area contributed by atoms with Gasteiger partial charge in [-0.15, -0.1) is 12.4 Å². The van der Waals surface area contributed by atoms with Crippen LogP contribution in [0, 0.1) is 0 Å². The number of sulfonamides is 1. The Kier molecular flexibility index (Phi) is 5.54. The van der Waals surface area contributed by atoms with Crippen molar-refractivity contribution in [2.24, 2.45) is 0 Å². The van der Waals surface area contributed by atoms with E-state index >= 15 is 0 Å². The number of nitrogens with one attached hydrogen (secondary N) is 1. The van der Waals surface area contributed by atoms with E-state index in [0.717, 1.165) is 0 Å². The Balaban J connectivity index is 0.00000162. The number of halogens is 2. The standard InChI is InChI=1S/C10H14BrN3O2S.ClH/c1-8-5-12-2-3-14(8)17(15,16)10-4-9(11)6-13-7-10;/h4,6-8,12H,2-3,5H2,1H3;1H/t8-;/m0./s1. The highest BCUT2D eigenvalue weighted by molar-refractivity contribution is 9.10. The molecular formula is C10H15BrClN3O2S. The molecule has 102 valence electrons. The van der Waals surface area contributed by atoms with Gasteiger partial charge in [-0.3, -0.25) is 4.98 Å². The van der Waals surface area contributed by atoms with Crippen LogP contribution in [0.3, 0.4) is 0 Å². The van der Waals surface area contributed by atoms with Crippen molar-refractivity contribution in [1.82, 2.24) is 14.6 Å². The number of piperazine rings is 1. The maximum atomic E-state index is 12.4. The fourth-order valence-corrected chi connectivity index (χ4v) is 3.99. The molecule has 18 heavy (non-hydrogen) atoms. The average Bonchev–Trinajstić information content (AvgIpc) is 2.29. The molecule has 8 heteroatoms. The van der Waals surface area contributed by atoms with Crippen molar-refractivity contribution in [2.45, 2.75) is 17.9 Å². The molecule has 0 aromatic carbocycles. The van der Waals surface area contributed by atoms with Crippen molar-refractivity contribution in [3.63, 3.8) is 0 Å². The summed E-state index contributed by atoms with van der Waals surface area (Å²) in [6.07, 6.45) is 2.95. The first-order valence-corrected chi connectivity index (χ1v) is 7.58. The average molecular weight is 357 g/mol. The highest BCUT2D eigenvalue weighted by Crippen LogP contribution is 2.21. The monoisotopic (exact) mass is 355 g/mol. The molecule has 0 amide bonds. The van der Waals surface area contributed by atoms with Crippen LogP contribution in [0.4, 0.5) is 0 Å². The lowest BCUT2D eigenvalue weighted by Gasteiger charge is -2.32. The zero-order valence-corrected chi connectivity index (χ0v) is 13.1. The van der Waals surface area contributed by atoms with Gasteiger partial charge in [0.05, 0.1) is 0 Å². The summed E-state index contributed by atoms with van der Waals surface area (Å²) in [5.41, 5.74) is 0. The van der Waals surface area contributed by atoms with Gasteiger partial charge in [0.2, 0.25) is 10.0 Å². The Hall–Kier alpha value is -0.210. The first-order chi connectivity index (χ1) is 8.01. The fraction of sp³-hybridized carbons (Fsp3) is 0.500. The summed E-state index contributed by atoms with van der Waals surface area (Å²) in [4.78, 5) is 4.14. The Morgan fingerprint density at radius 1 is 1.50 bits per heavy atom. The summed E-state index contributed by atoms with van der Waals surface area (Å²) in [6, 6.07) is 1.55. The largest absolute Gasteiger partial charge is 0.314 e. The third kappa shape index (κ3) is 3.21. The quantitative estimate of drug-likeness (QED) is 0.866. The first kappa shape index (κ1) is 15.8. The minimum absolute atomic E-state index is 0. The van der Waals surface area contributed by atoms with E-state index in [4.69, 9.17) is 0 Å². The van der Waals surface area contributed by atoms with Gasteiger partial charge < -0.3 is 5.32 Å². The molecular weight excluding hydrogens is 342 g/mol. The second-order valence-corrected chi connectivity index (χ2v) is 6.81. The highest BCUT2D eigenvalue weighted by Gasteiger charge is 2.31. The molecule has 1 fully saturated rings. The number of hydrogen-bond donors (Lipinski definition) is 1. The van der Waals surface area contributed by atoms with Crippen molar-refractivity contribution >= 4 is 38.4 Å². The molecule has 5 nitrogen and oxygen atoms in total. The smallest absolute Gasteiger partial charge is 0.244 e. The molecule has 1 N–H and O–H groups in total. The predicted molar refractivity (Wildman–Crippen MR) is 75.4 cm³/mol. The van der Waals surface area contributed by atoms with Gasteiger partial charge in [0.25, 0.3) is 0 Å². The molecule has 1 atom stereocenters. The van der Waals surface area contributed by atoms with Gasteiger partial charge in [0, 0.05) is 42.5 Å². The number of aromatic nitrogens is 1. The zero-order valence-electron chi connectivity index (χ0n) is 9.84. The van der Waals surface area contributed by atoms with Crippen LogP contribution in [0.25, 0.3) is 0 Å². The van der Waals surface area contributed by atoms with E-state index in [1.807, 2.05) is 6.92 Å². The lowest BCUT2D eigenvalue weighted by atomic mass is 10.3. The van der Waals surface area contributed by atoms with E-state index in [0.29, 0.717) is 24.1 Å². The van der Waals surface area contributed by atoms with Gasteiger partial charge in [-0.1, -0.05) is 0 Å². The molecule has 2 rings (SSSR count). The lowest BCUT2D eigenvalue weighted by molar-refractivity contribution is 0.284. The summed E-state index contributed by atoms with van der Waals surface area (Å²) in [6.45, 7) is 3.76. The van der Waals surface area contributed by atoms with Crippen LogP contribution < -0.4 is 5.32 Å². The maximum absolute atomic E-state index is 12.4. The molecule has 0 radical (unpaired) electrons. The molecule has 1 aromatic heterocycles. The lowest BCUT2D eigenvalue weighted by Crippen LogP contribution is -2.52. The Labute approximate surface area is 122 Å². The van der Waals surface area contributed by atoms with Crippen LogP contribution in [-0.2, 0) is 10.0 Å². The van der Waals surface area contributed by atoms with Gasteiger partial charge in [0.1, 0.15) is 4.90 Å². The van der Waals surface area contributed by atoms with Crippen molar-refractivity contribution in [3.05, 3.63) is 22.9 Å². The van der Waals surface area contributed by atoms with Crippen LogP contribution >= 0.6 is 28.3 Å². The van der Waals surface area contributed by atoms with E-state index in [1.165, 1.54) is 10.5 Å². The number of hydrogen-bond acceptors (Lipinski definition) is 4. The Morgan fingerprint density at radius 2 is 2.22 bits per heavy atom. The van der Waals surface area contributed by atoms with E-state index < -0.39 is 10.0 Å². The summed E-state index contributed by atoms with van der Waals surface area (Å²) in [5.74, 6) is 0. The Bertz CT molecular complexity index is 512. The molecule has 0 saturated carbocycles. The van der Waals surface area contributed by atoms with Gasteiger partial charge in [-0.25, -0.2) is 8.42 Å². The summed E-state index contributed by atoms with van der Waals surface area (Å²) in [5, 5.41) is 3.17. The van der Waals surface area contributed by atoms with Gasteiger partial charge in [-0.05, 0) is 28.9 Å². The van der Waals surface area contributed by atoms with Crippen LogP contribution in [0.15, 0.2) is 27.8 Å². The van der Waals surface area contributed by atoms with E-state index in [1.54, 1.807) is 12.3 Å². The van der Waals surface area contributed by atoms with E-state index in [2.05, 4.69) is 26.2 Å². The third-order valence-corrected chi connectivity index (χ3v) is 5.14. The van der Waals surface area contributed by atoms with Gasteiger partial charge in [-0.2, -0.15) is 4.31 Å². The number of pyridine rings is 1. The molecule has 1 aliphatic rings. The normalized spacial score (nSPS) is 21.3. The molecule has 0 unspecified atom stereocenters. The van der Waals surface area contributed by atoms with Crippen molar-refractivity contribution in [3.8, 4) is 0 Å². The molecule has 0 aliphatic carbocycles. The fourth-order valence-electron chi connectivity index (χ4n) is 1.85. The molecule has 1 aromatic rings. The third-order valence-electron chi connectivity index (χ3n) is 2.73. The second-order valence-electron chi connectivity index (χ2n) is 4.01. The first-order valence-electron chi connectivity index (χ1n) is 5.35. The molecule has 0 bridgehead atoms. The van der Waals surface area contributed by atoms with Gasteiger partial charge in [0.15, 0.2) is 0 Å². The van der Waals surface area contributed by atoms with E-state index in [-0.39, 0.29) is 23.3 Å². The minimum atomic E-state index is -3.43. The SMILES string of the molecule is C[C@H]1CNCCN1S(=O)(=O)c1cncc(Br)c1.Cl. The van der Waals surface area contributed by atoms with Crippen molar-refractivity contribution < 1.29 is 8.42 Å². The topological polar surface area (TPSA) is 62.3 Å². The molecule has 1 aliphatic heterocycles. The highest BCUT2D eigenvalue weighted by atomic mass is 79.9.